The fraction of sp³-hybridized carbons (Fsp3) is 0.316. The van der Waals surface area contributed by atoms with Crippen molar-refractivity contribution in [3.05, 3.63) is 57.1 Å². The summed E-state index contributed by atoms with van der Waals surface area (Å²) in [5, 5.41) is 13.6. The van der Waals surface area contributed by atoms with E-state index in [-0.39, 0.29) is 18.1 Å². The molecule has 1 fully saturated rings. The minimum atomic E-state index is -0.474. The van der Waals surface area contributed by atoms with Crippen LogP contribution in [0.3, 0.4) is 0 Å². The van der Waals surface area contributed by atoms with Gasteiger partial charge in [0.2, 0.25) is 5.91 Å². The number of ether oxygens (including phenoxy) is 1. The quantitative estimate of drug-likeness (QED) is 0.539. The van der Waals surface area contributed by atoms with Gasteiger partial charge in [-0.05, 0) is 46.3 Å². The maximum Gasteiger partial charge on any atom is 0.270 e. The molecule has 148 valence electrons. The molecule has 0 aromatic heterocycles. The topological polar surface area (TPSA) is 88.0 Å². The summed E-state index contributed by atoms with van der Waals surface area (Å²) < 4.78 is 5.67. The number of methoxy groups -OCH3 is 1. The van der Waals surface area contributed by atoms with Gasteiger partial charge in [0.25, 0.3) is 5.69 Å². The first-order valence-corrected chi connectivity index (χ1v) is 9.60. The van der Waals surface area contributed by atoms with Crippen molar-refractivity contribution in [3.8, 4) is 5.75 Å². The molecule has 0 radical (unpaired) electrons. The third kappa shape index (κ3) is 4.99. The first kappa shape index (κ1) is 20.1. The molecule has 1 saturated heterocycles. The van der Waals surface area contributed by atoms with Crippen LogP contribution < -0.4 is 15.0 Å². The van der Waals surface area contributed by atoms with Crippen LogP contribution in [0.25, 0.3) is 0 Å². The van der Waals surface area contributed by atoms with Crippen molar-refractivity contribution in [2.75, 3.05) is 50.1 Å². The number of amides is 1. The number of halogens is 1. The Bertz CT molecular complexity index is 852. The monoisotopic (exact) mass is 448 g/mol. The number of hydrogen-bond donors (Lipinski definition) is 1. The van der Waals surface area contributed by atoms with E-state index in [9.17, 15) is 14.9 Å². The lowest BCUT2D eigenvalue weighted by Gasteiger charge is -2.35. The summed E-state index contributed by atoms with van der Waals surface area (Å²) in [4.78, 5) is 27.0. The van der Waals surface area contributed by atoms with Gasteiger partial charge in [-0.3, -0.25) is 19.8 Å². The number of anilines is 2. The van der Waals surface area contributed by atoms with E-state index in [0.717, 1.165) is 37.6 Å². The Morgan fingerprint density at radius 3 is 2.43 bits per heavy atom. The van der Waals surface area contributed by atoms with Crippen LogP contribution in [0.2, 0.25) is 0 Å². The molecule has 2 aromatic carbocycles. The van der Waals surface area contributed by atoms with Crippen LogP contribution in [0, 0.1) is 10.1 Å². The molecule has 28 heavy (non-hydrogen) atoms. The third-order valence-electron chi connectivity index (χ3n) is 4.61. The van der Waals surface area contributed by atoms with Gasteiger partial charge < -0.3 is 15.0 Å². The smallest absolute Gasteiger partial charge is 0.270 e. The summed E-state index contributed by atoms with van der Waals surface area (Å²) in [6.45, 7) is 3.50. The number of rotatable bonds is 6. The number of nitro groups is 1. The summed E-state index contributed by atoms with van der Waals surface area (Å²) in [6, 6.07) is 12.2. The Morgan fingerprint density at radius 2 is 1.86 bits per heavy atom. The highest BCUT2D eigenvalue weighted by Crippen LogP contribution is 2.27. The van der Waals surface area contributed by atoms with Crippen LogP contribution in [0.4, 0.5) is 17.1 Å². The molecule has 1 aliphatic heterocycles. The molecule has 0 bridgehead atoms. The highest BCUT2D eigenvalue weighted by molar-refractivity contribution is 9.10. The van der Waals surface area contributed by atoms with Crippen molar-refractivity contribution in [3.63, 3.8) is 0 Å². The van der Waals surface area contributed by atoms with Gasteiger partial charge in [0.15, 0.2) is 0 Å². The van der Waals surface area contributed by atoms with Gasteiger partial charge in [-0.2, -0.15) is 0 Å². The molecular weight excluding hydrogens is 428 g/mol. The number of nitrogens with zero attached hydrogens (tertiary/aromatic N) is 3. The Kier molecular flexibility index (Phi) is 6.48. The van der Waals surface area contributed by atoms with Crippen molar-refractivity contribution in [1.82, 2.24) is 4.90 Å². The fourth-order valence-electron chi connectivity index (χ4n) is 3.07. The van der Waals surface area contributed by atoms with Crippen LogP contribution in [-0.2, 0) is 4.79 Å². The normalized spacial score (nSPS) is 14.6. The maximum absolute atomic E-state index is 12.3. The molecule has 1 amide bonds. The van der Waals surface area contributed by atoms with Gasteiger partial charge in [-0.15, -0.1) is 0 Å². The first-order valence-electron chi connectivity index (χ1n) is 8.81. The molecule has 3 rings (SSSR count). The number of piperazine rings is 1. The minimum Gasteiger partial charge on any atom is -0.497 e. The average molecular weight is 449 g/mol. The fourth-order valence-corrected chi connectivity index (χ4v) is 3.53. The summed E-state index contributed by atoms with van der Waals surface area (Å²) in [5.41, 5.74) is 1.63. The van der Waals surface area contributed by atoms with E-state index < -0.39 is 4.92 Å². The molecule has 1 heterocycles. The van der Waals surface area contributed by atoms with Crippen molar-refractivity contribution in [1.29, 1.82) is 0 Å². The Hall–Kier alpha value is -2.65. The van der Waals surface area contributed by atoms with Crippen LogP contribution >= 0.6 is 15.9 Å². The Balaban J connectivity index is 1.50. The summed E-state index contributed by atoms with van der Waals surface area (Å²) in [7, 11) is 1.65. The second kappa shape index (κ2) is 9.03. The molecule has 8 nitrogen and oxygen atoms in total. The van der Waals surface area contributed by atoms with Gasteiger partial charge in [0, 0.05) is 48.5 Å². The highest BCUT2D eigenvalue weighted by Gasteiger charge is 2.20. The highest BCUT2D eigenvalue weighted by atomic mass is 79.9. The number of hydrogen-bond acceptors (Lipinski definition) is 6. The van der Waals surface area contributed by atoms with Crippen molar-refractivity contribution >= 4 is 38.9 Å². The maximum atomic E-state index is 12.3. The van der Waals surface area contributed by atoms with Crippen LogP contribution in [0.5, 0.6) is 5.75 Å². The number of non-ortho nitro benzene ring substituents is 1. The van der Waals surface area contributed by atoms with E-state index >= 15 is 0 Å². The number of carbonyl (C=O) groups excluding carboxylic acids is 1. The number of nitrogens with one attached hydrogen (secondary N) is 1. The zero-order chi connectivity index (χ0) is 20.1. The van der Waals surface area contributed by atoms with E-state index in [1.54, 1.807) is 7.11 Å². The second-order valence-electron chi connectivity index (χ2n) is 6.43. The predicted molar refractivity (Wildman–Crippen MR) is 111 cm³/mol. The lowest BCUT2D eigenvalue weighted by atomic mass is 10.2. The number of carbonyl (C=O) groups is 1. The molecule has 1 N–H and O–H groups in total. The summed E-state index contributed by atoms with van der Waals surface area (Å²) >= 11 is 3.26. The zero-order valence-electron chi connectivity index (χ0n) is 15.4. The molecule has 0 atom stereocenters. The lowest BCUT2D eigenvalue weighted by molar-refractivity contribution is -0.384. The first-order chi connectivity index (χ1) is 13.5. The van der Waals surface area contributed by atoms with Gasteiger partial charge in [-0.1, -0.05) is 0 Å². The largest absolute Gasteiger partial charge is 0.497 e. The predicted octanol–water partition coefficient (Wildman–Crippen LogP) is 3.13. The molecule has 0 saturated carbocycles. The average Bonchev–Trinajstić information content (AvgIpc) is 2.70. The molecule has 1 aliphatic rings. The van der Waals surface area contributed by atoms with Gasteiger partial charge in [-0.25, -0.2) is 0 Å². The lowest BCUT2D eigenvalue weighted by Crippen LogP contribution is -2.48. The van der Waals surface area contributed by atoms with E-state index in [0.29, 0.717) is 10.2 Å². The van der Waals surface area contributed by atoms with Crippen molar-refractivity contribution < 1.29 is 14.5 Å². The number of nitro benzene ring substituents is 1. The van der Waals surface area contributed by atoms with Crippen molar-refractivity contribution in [2.24, 2.45) is 0 Å². The summed E-state index contributed by atoms with van der Waals surface area (Å²) in [5.74, 6) is 0.684. The summed E-state index contributed by atoms with van der Waals surface area (Å²) in [6.07, 6.45) is 0. The molecule has 0 spiro atoms. The van der Waals surface area contributed by atoms with Gasteiger partial charge in [0.1, 0.15) is 5.75 Å². The van der Waals surface area contributed by atoms with E-state index in [1.807, 2.05) is 24.3 Å². The van der Waals surface area contributed by atoms with Gasteiger partial charge >= 0.3 is 0 Å². The molecule has 2 aromatic rings. The van der Waals surface area contributed by atoms with Crippen LogP contribution in [-0.4, -0.2) is 55.6 Å². The standard InChI is InChI=1S/C19H21BrN4O4/c1-28-16-5-2-14(3-6-16)23-10-8-22(9-11-23)13-19(25)21-18-7-4-15(24(26)27)12-17(18)20/h2-7,12H,8-11,13H2,1H3,(H,21,25). The van der Waals surface area contributed by atoms with Crippen LogP contribution in [0.15, 0.2) is 46.9 Å². The molecule has 0 aliphatic carbocycles. The Morgan fingerprint density at radius 1 is 1.18 bits per heavy atom. The van der Waals surface area contributed by atoms with E-state index in [4.69, 9.17) is 4.74 Å². The SMILES string of the molecule is COc1ccc(N2CCN(CC(=O)Nc3ccc([N+](=O)[O-])cc3Br)CC2)cc1. The third-order valence-corrected chi connectivity index (χ3v) is 5.27. The van der Waals surface area contributed by atoms with Gasteiger partial charge in [0.05, 0.1) is 24.3 Å². The Labute approximate surface area is 171 Å². The second-order valence-corrected chi connectivity index (χ2v) is 7.28. The van der Waals surface area contributed by atoms with E-state index in [1.165, 1.54) is 18.2 Å². The zero-order valence-corrected chi connectivity index (χ0v) is 17.0. The molecule has 0 unspecified atom stereocenters. The minimum absolute atomic E-state index is 0.0282. The molecular formula is C19H21BrN4O4. The van der Waals surface area contributed by atoms with Crippen LogP contribution in [0.1, 0.15) is 0 Å². The number of benzene rings is 2. The van der Waals surface area contributed by atoms with E-state index in [2.05, 4.69) is 31.0 Å². The van der Waals surface area contributed by atoms with Crippen molar-refractivity contribution in [2.45, 2.75) is 0 Å². The molecule has 9 heteroatoms.